The van der Waals surface area contributed by atoms with Gasteiger partial charge in [-0.15, -0.1) is 0 Å². The predicted molar refractivity (Wildman–Crippen MR) is 77.6 cm³/mol. The summed E-state index contributed by atoms with van der Waals surface area (Å²) in [6.45, 7) is 0. The molecule has 0 spiro atoms. The second kappa shape index (κ2) is 4.98. The largest absolute Gasteiger partial charge is 0.416 e. The molecule has 5 heteroatoms. The maximum absolute atomic E-state index is 12.6. The fourth-order valence-corrected chi connectivity index (χ4v) is 2.66. The first kappa shape index (κ1) is 13.8. The van der Waals surface area contributed by atoms with Crippen molar-refractivity contribution in [2.75, 3.05) is 11.1 Å². The number of hydrogen-bond acceptors (Lipinski definition) is 2. The summed E-state index contributed by atoms with van der Waals surface area (Å²) in [4.78, 5) is 0. The van der Waals surface area contributed by atoms with Crippen molar-refractivity contribution >= 4 is 17.1 Å². The van der Waals surface area contributed by atoms with Crippen LogP contribution in [0.3, 0.4) is 0 Å². The van der Waals surface area contributed by atoms with Crippen LogP contribution in [-0.2, 0) is 19.0 Å². The molecule has 0 amide bonds. The minimum atomic E-state index is -4.37. The molecule has 3 N–H and O–H groups in total. The average Bonchev–Trinajstić information content (AvgIpc) is 2.87. The molecule has 2 aromatic rings. The molecule has 0 aromatic heterocycles. The van der Waals surface area contributed by atoms with E-state index in [-0.39, 0.29) is 5.69 Å². The van der Waals surface area contributed by atoms with Crippen molar-refractivity contribution in [1.29, 1.82) is 0 Å². The lowest BCUT2D eigenvalue weighted by Crippen LogP contribution is -2.06. The summed E-state index contributed by atoms with van der Waals surface area (Å²) in [6, 6.07) is 9.39. The summed E-state index contributed by atoms with van der Waals surface area (Å²) >= 11 is 0. The van der Waals surface area contributed by atoms with Crippen LogP contribution >= 0.6 is 0 Å². The third-order valence-electron chi connectivity index (χ3n) is 3.76. The van der Waals surface area contributed by atoms with E-state index in [0.29, 0.717) is 5.69 Å². The first-order valence-electron chi connectivity index (χ1n) is 6.79. The molecule has 3 rings (SSSR count). The highest BCUT2D eigenvalue weighted by molar-refractivity contribution is 5.73. The van der Waals surface area contributed by atoms with Crippen LogP contribution in [0.1, 0.15) is 23.1 Å². The van der Waals surface area contributed by atoms with E-state index in [1.165, 1.54) is 17.2 Å². The molecule has 0 atom stereocenters. The fraction of sp³-hybridized carbons (Fsp3) is 0.250. The first-order chi connectivity index (χ1) is 9.93. The van der Waals surface area contributed by atoms with Gasteiger partial charge in [-0.2, -0.15) is 13.2 Å². The highest BCUT2D eigenvalue weighted by Crippen LogP contribution is 2.34. The van der Waals surface area contributed by atoms with Crippen LogP contribution in [0, 0.1) is 0 Å². The summed E-state index contributed by atoms with van der Waals surface area (Å²) in [7, 11) is 0. The number of benzene rings is 2. The van der Waals surface area contributed by atoms with Gasteiger partial charge in [0.2, 0.25) is 0 Å². The van der Waals surface area contributed by atoms with Gasteiger partial charge in [0.25, 0.3) is 0 Å². The lowest BCUT2D eigenvalue weighted by molar-refractivity contribution is -0.137. The van der Waals surface area contributed by atoms with Crippen LogP contribution in [0.5, 0.6) is 0 Å². The Morgan fingerprint density at radius 2 is 1.71 bits per heavy atom. The van der Waals surface area contributed by atoms with E-state index in [2.05, 4.69) is 11.4 Å². The maximum Gasteiger partial charge on any atom is 0.416 e. The average molecular weight is 292 g/mol. The molecular weight excluding hydrogens is 277 g/mol. The number of alkyl halides is 3. The lowest BCUT2D eigenvalue weighted by atomic mass is 10.1. The molecular formula is C16H15F3N2. The standard InChI is InChI=1S/C16H15F3N2/c17-16(18,19)12-5-7-15(14(20)9-12)21-13-6-4-10-2-1-3-11(10)8-13/h4-9,21H,1-3,20H2. The summed E-state index contributed by atoms with van der Waals surface area (Å²) < 4.78 is 37.8. The molecule has 0 aliphatic heterocycles. The summed E-state index contributed by atoms with van der Waals surface area (Å²) in [5.74, 6) is 0. The number of halogens is 3. The minimum Gasteiger partial charge on any atom is -0.397 e. The van der Waals surface area contributed by atoms with Crippen LogP contribution in [0.2, 0.25) is 0 Å². The molecule has 0 saturated carbocycles. The van der Waals surface area contributed by atoms with Crippen LogP contribution in [0.15, 0.2) is 36.4 Å². The molecule has 21 heavy (non-hydrogen) atoms. The molecule has 2 nitrogen and oxygen atoms in total. The van der Waals surface area contributed by atoms with E-state index < -0.39 is 11.7 Å². The van der Waals surface area contributed by atoms with Crippen molar-refractivity contribution < 1.29 is 13.2 Å². The second-order valence-electron chi connectivity index (χ2n) is 5.26. The van der Waals surface area contributed by atoms with E-state index in [0.717, 1.165) is 37.1 Å². The zero-order valence-electron chi connectivity index (χ0n) is 11.3. The summed E-state index contributed by atoms with van der Waals surface area (Å²) in [6.07, 6.45) is -1.08. The first-order valence-corrected chi connectivity index (χ1v) is 6.79. The highest BCUT2D eigenvalue weighted by atomic mass is 19.4. The molecule has 1 aliphatic rings. The highest BCUT2D eigenvalue weighted by Gasteiger charge is 2.30. The number of hydrogen-bond donors (Lipinski definition) is 2. The summed E-state index contributed by atoms with van der Waals surface area (Å²) in [5.41, 5.74) is 9.05. The topological polar surface area (TPSA) is 38.0 Å². The number of aryl methyl sites for hydroxylation is 2. The fourth-order valence-electron chi connectivity index (χ4n) is 2.66. The van der Waals surface area contributed by atoms with Crippen molar-refractivity contribution in [2.45, 2.75) is 25.4 Å². The van der Waals surface area contributed by atoms with Crippen LogP contribution < -0.4 is 11.1 Å². The van der Waals surface area contributed by atoms with Crippen molar-refractivity contribution in [3.8, 4) is 0 Å². The third kappa shape index (κ3) is 2.82. The molecule has 1 aliphatic carbocycles. The molecule has 2 aromatic carbocycles. The smallest absolute Gasteiger partial charge is 0.397 e. The Hall–Kier alpha value is -2.17. The number of nitrogens with two attached hydrogens (primary N) is 1. The lowest BCUT2D eigenvalue weighted by Gasteiger charge is -2.13. The zero-order chi connectivity index (χ0) is 15.0. The molecule has 0 saturated heterocycles. The second-order valence-corrected chi connectivity index (χ2v) is 5.26. The van der Waals surface area contributed by atoms with Crippen molar-refractivity contribution in [1.82, 2.24) is 0 Å². The number of rotatable bonds is 2. The predicted octanol–water partition coefficient (Wildman–Crippen LogP) is 4.52. The molecule has 0 fully saturated rings. The van der Waals surface area contributed by atoms with E-state index in [1.54, 1.807) is 0 Å². The van der Waals surface area contributed by atoms with Crippen molar-refractivity contribution in [3.05, 3.63) is 53.1 Å². The Balaban J connectivity index is 1.85. The molecule has 0 unspecified atom stereocenters. The van der Waals surface area contributed by atoms with Gasteiger partial charge < -0.3 is 11.1 Å². The monoisotopic (exact) mass is 292 g/mol. The van der Waals surface area contributed by atoms with Gasteiger partial charge in [0.1, 0.15) is 0 Å². The number of anilines is 3. The number of fused-ring (bicyclic) bond motifs is 1. The Morgan fingerprint density at radius 3 is 2.43 bits per heavy atom. The molecule has 110 valence electrons. The molecule has 0 radical (unpaired) electrons. The Kier molecular flexibility index (Phi) is 3.27. The van der Waals surface area contributed by atoms with Gasteiger partial charge in [0, 0.05) is 5.69 Å². The van der Waals surface area contributed by atoms with Gasteiger partial charge >= 0.3 is 6.18 Å². The van der Waals surface area contributed by atoms with Gasteiger partial charge in [-0.1, -0.05) is 6.07 Å². The Labute approximate surface area is 120 Å². The van der Waals surface area contributed by atoms with Crippen LogP contribution in [-0.4, -0.2) is 0 Å². The van der Waals surface area contributed by atoms with E-state index in [4.69, 9.17) is 5.73 Å². The van der Waals surface area contributed by atoms with Gasteiger partial charge in [-0.3, -0.25) is 0 Å². The van der Waals surface area contributed by atoms with Crippen molar-refractivity contribution in [3.63, 3.8) is 0 Å². The van der Waals surface area contributed by atoms with E-state index >= 15 is 0 Å². The van der Waals surface area contributed by atoms with Crippen LogP contribution in [0.25, 0.3) is 0 Å². The number of nitrogens with one attached hydrogen (secondary N) is 1. The van der Waals surface area contributed by atoms with E-state index in [1.807, 2.05) is 12.1 Å². The van der Waals surface area contributed by atoms with Crippen LogP contribution in [0.4, 0.5) is 30.2 Å². The minimum absolute atomic E-state index is 0.0883. The molecule has 0 heterocycles. The third-order valence-corrected chi connectivity index (χ3v) is 3.76. The van der Waals surface area contributed by atoms with Gasteiger partial charge in [0.05, 0.1) is 16.9 Å². The SMILES string of the molecule is Nc1cc(C(F)(F)F)ccc1Nc1ccc2c(c1)CCC2. The van der Waals surface area contributed by atoms with Gasteiger partial charge in [-0.25, -0.2) is 0 Å². The Morgan fingerprint density at radius 1 is 0.952 bits per heavy atom. The Bertz CT molecular complexity index is 678. The zero-order valence-corrected chi connectivity index (χ0v) is 11.3. The van der Waals surface area contributed by atoms with Gasteiger partial charge in [-0.05, 0) is 60.7 Å². The summed E-state index contributed by atoms with van der Waals surface area (Å²) in [5, 5.41) is 3.09. The van der Waals surface area contributed by atoms with Gasteiger partial charge in [0.15, 0.2) is 0 Å². The maximum atomic E-state index is 12.6. The number of nitrogen functional groups attached to an aromatic ring is 1. The molecule has 0 bridgehead atoms. The van der Waals surface area contributed by atoms with Crippen molar-refractivity contribution in [2.24, 2.45) is 0 Å². The van der Waals surface area contributed by atoms with E-state index in [9.17, 15) is 13.2 Å². The normalized spacial score (nSPS) is 14.0. The quantitative estimate of drug-likeness (QED) is 0.799.